The smallest absolute Gasteiger partial charge is 0.460 e. The largest absolute Gasteiger partial charge is 0.534 e. The van der Waals surface area contributed by atoms with Gasteiger partial charge >= 0.3 is 21.6 Å². The molecule has 0 amide bonds. The van der Waals surface area contributed by atoms with Gasteiger partial charge in [0.2, 0.25) is 0 Å². The van der Waals surface area contributed by atoms with Crippen molar-refractivity contribution in [3.05, 3.63) is 77.9 Å². The fourth-order valence-electron chi connectivity index (χ4n) is 3.43. The SMILES string of the molecule is O=C(OCc1ccccc1)C1(Cc2cccc(OS(=O)(=O)C(F)(F)F)c2)C=CCCC1. The van der Waals surface area contributed by atoms with Gasteiger partial charge < -0.3 is 8.92 Å². The first-order chi connectivity index (χ1) is 14.6. The Hall–Kier alpha value is -2.81. The van der Waals surface area contributed by atoms with Crippen LogP contribution in [-0.4, -0.2) is 19.9 Å². The number of esters is 1. The van der Waals surface area contributed by atoms with Crippen LogP contribution in [0, 0.1) is 5.41 Å². The summed E-state index contributed by atoms with van der Waals surface area (Å²) in [5, 5.41) is 0. The molecule has 0 saturated heterocycles. The van der Waals surface area contributed by atoms with Gasteiger partial charge in [-0.3, -0.25) is 4.79 Å². The summed E-state index contributed by atoms with van der Waals surface area (Å²) in [6.07, 6.45) is 5.84. The molecular weight excluding hydrogens is 433 g/mol. The van der Waals surface area contributed by atoms with Crippen LogP contribution in [0.25, 0.3) is 0 Å². The molecule has 5 nitrogen and oxygen atoms in total. The average molecular weight is 454 g/mol. The van der Waals surface area contributed by atoms with Gasteiger partial charge in [0.15, 0.2) is 0 Å². The highest BCUT2D eigenvalue weighted by atomic mass is 32.2. The normalized spacial score (nSPS) is 19.1. The molecule has 0 radical (unpaired) electrons. The molecule has 1 aliphatic carbocycles. The Labute approximate surface area is 178 Å². The van der Waals surface area contributed by atoms with Crippen LogP contribution >= 0.6 is 0 Å². The number of hydrogen-bond acceptors (Lipinski definition) is 5. The minimum atomic E-state index is -5.78. The fraction of sp³-hybridized carbons (Fsp3) is 0.318. The molecule has 0 spiro atoms. The maximum Gasteiger partial charge on any atom is 0.534 e. The van der Waals surface area contributed by atoms with Crippen LogP contribution in [0.2, 0.25) is 0 Å². The maximum atomic E-state index is 13.0. The third-order valence-electron chi connectivity index (χ3n) is 4.96. The molecule has 1 unspecified atom stereocenters. The lowest BCUT2D eigenvalue weighted by Gasteiger charge is -2.31. The first-order valence-corrected chi connectivity index (χ1v) is 11.0. The molecule has 1 aliphatic rings. The van der Waals surface area contributed by atoms with Gasteiger partial charge in [-0.1, -0.05) is 54.6 Å². The van der Waals surface area contributed by atoms with Crippen LogP contribution in [0.3, 0.4) is 0 Å². The Kier molecular flexibility index (Phi) is 6.74. The van der Waals surface area contributed by atoms with Gasteiger partial charge in [-0.05, 0) is 48.9 Å². The molecular formula is C22H21F3O5S. The number of carbonyl (C=O) groups excluding carboxylic acids is 1. The van der Waals surface area contributed by atoms with E-state index in [2.05, 4.69) is 4.18 Å². The Balaban J connectivity index is 1.79. The first kappa shape index (κ1) is 22.9. The average Bonchev–Trinajstić information content (AvgIpc) is 2.72. The van der Waals surface area contributed by atoms with Gasteiger partial charge in [0.1, 0.15) is 12.4 Å². The van der Waals surface area contributed by atoms with E-state index in [1.54, 1.807) is 12.1 Å². The van der Waals surface area contributed by atoms with Crippen molar-refractivity contribution in [1.82, 2.24) is 0 Å². The fourth-order valence-corrected chi connectivity index (χ4v) is 3.88. The molecule has 0 bridgehead atoms. The van der Waals surface area contributed by atoms with E-state index in [1.165, 1.54) is 12.1 Å². The summed E-state index contributed by atoms with van der Waals surface area (Å²) in [6.45, 7) is 0.0994. The summed E-state index contributed by atoms with van der Waals surface area (Å²) in [5.41, 5.74) is -5.23. The summed E-state index contributed by atoms with van der Waals surface area (Å²) in [6, 6.07) is 14.5. The van der Waals surface area contributed by atoms with Crippen LogP contribution in [0.1, 0.15) is 30.4 Å². The molecule has 0 aromatic heterocycles. The molecule has 2 aromatic rings. The Bertz CT molecular complexity index is 1050. The lowest BCUT2D eigenvalue weighted by atomic mass is 9.74. The lowest BCUT2D eigenvalue weighted by molar-refractivity contribution is -0.155. The van der Waals surface area contributed by atoms with Gasteiger partial charge in [0, 0.05) is 0 Å². The van der Waals surface area contributed by atoms with E-state index in [0.717, 1.165) is 24.5 Å². The third kappa shape index (κ3) is 5.66. The molecule has 3 rings (SSSR count). The molecule has 1 atom stereocenters. The number of carbonyl (C=O) groups is 1. The second-order valence-corrected chi connectivity index (χ2v) is 8.86. The van der Waals surface area contributed by atoms with Crippen molar-refractivity contribution < 1.29 is 35.3 Å². The van der Waals surface area contributed by atoms with E-state index in [0.29, 0.717) is 12.0 Å². The van der Waals surface area contributed by atoms with Crippen molar-refractivity contribution in [3.63, 3.8) is 0 Å². The van der Waals surface area contributed by atoms with Crippen LogP contribution in [0.15, 0.2) is 66.7 Å². The summed E-state index contributed by atoms with van der Waals surface area (Å²) >= 11 is 0. The Morgan fingerprint density at radius 3 is 2.39 bits per heavy atom. The molecule has 0 aliphatic heterocycles. The highest BCUT2D eigenvalue weighted by Gasteiger charge is 2.48. The molecule has 0 N–H and O–H groups in total. The zero-order valence-electron chi connectivity index (χ0n) is 16.5. The highest BCUT2D eigenvalue weighted by molar-refractivity contribution is 7.88. The van der Waals surface area contributed by atoms with Crippen LogP contribution in [-0.2, 0) is 32.7 Å². The lowest BCUT2D eigenvalue weighted by Crippen LogP contribution is -2.34. The predicted octanol–water partition coefficient (Wildman–Crippen LogP) is 4.93. The van der Waals surface area contributed by atoms with E-state index in [-0.39, 0.29) is 13.0 Å². The van der Waals surface area contributed by atoms with Crippen molar-refractivity contribution in [2.75, 3.05) is 0 Å². The van der Waals surface area contributed by atoms with Crippen LogP contribution in [0.4, 0.5) is 13.2 Å². The maximum absolute atomic E-state index is 13.0. The van der Waals surface area contributed by atoms with Crippen molar-refractivity contribution in [1.29, 1.82) is 0 Å². The van der Waals surface area contributed by atoms with E-state index in [4.69, 9.17) is 4.74 Å². The number of benzene rings is 2. The third-order valence-corrected chi connectivity index (χ3v) is 5.94. The van der Waals surface area contributed by atoms with Gasteiger partial charge in [0.05, 0.1) is 5.41 Å². The number of alkyl halides is 3. The second-order valence-electron chi connectivity index (χ2n) is 7.32. The molecule has 9 heteroatoms. The standard InChI is InChI=1S/C22H21F3O5S/c23-22(24,25)31(27,28)30-19-11-7-10-18(14-19)15-21(12-5-2-6-13-21)20(26)29-16-17-8-3-1-4-9-17/h1,3-5,7-12,14H,2,6,13,15-16H2. The van der Waals surface area contributed by atoms with Gasteiger partial charge in [-0.15, -0.1) is 0 Å². The summed E-state index contributed by atoms with van der Waals surface area (Å²) in [4.78, 5) is 13.0. The van der Waals surface area contributed by atoms with Crippen molar-refractivity contribution in [2.45, 2.75) is 37.8 Å². The minimum absolute atomic E-state index is 0.0994. The number of halogens is 3. The number of ether oxygens (including phenoxy) is 1. The summed E-state index contributed by atoms with van der Waals surface area (Å²) in [7, 11) is -5.78. The Morgan fingerprint density at radius 2 is 1.74 bits per heavy atom. The van der Waals surface area contributed by atoms with Crippen molar-refractivity contribution >= 4 is 16.1 Å². The van der Waals surface area contributed by atoms with Crippen LogP contribution < -0.4 is 4.18 Å². The predicted molar refractivity (Wildman–Crippen MR) is 107 cm³/mol. The van der Waals surface area contributed by atoms with E-state index < -0.39 is 32.8 Å². The van der Waals surface area contributed by atoms with Crippen molar-refractivity contribution in [3.8, 4) is 5.75 Å². The summed E-state index contributed by atoms with van der Waals surface area (Å²) < 4.78 is 70.1. The van der Waals surface area contributed by atoms with Gasteiger partial charge in [-0.2, -0.15) is 21.6 Å². The topological polar surface area (TPSA) is 69.7 Å². The number of rotatable bonds is 7. The summed E-state index contributed by atoms with van der Waals surface area (Å²) in [5.74, 6) is -0.913. The number of allylic oxidation sites excluding steroid dienone is 1. The second kappa shape index (κ2) is 9.13. The first-order valence-electron chi connectivity index (χ1n) is 9.60. The molecule has 0 heterocycles. The molecule has 166 valence electrons. The van der Waals surface area contributed by atoms with E-state index in [9.17, 15) is 26.4 Å². The molecule has 0 fully saturated rings. The minimum Gasteiger partial charge on any atom is -0.460 e. The number of hydrogen-bond donors (Lipinski definition) is 0. The van der Waals surface area contributed by atoms with Crippen LogP contribution in [0.5, 0.6) is 5.75 Å². The highest BCUT2D eigenvalue weighted by Crippen LogP contribution is 2.37. The zero-order chi connectivity index (χ0) is 22.5. The molecule has 0 saturated carbocycles. The molecule has 2 aromatic carbocycles. The zero-order valence-corrected chi connectivity index (χ0v) is 17.3. The molecule has 31 heavy (non-hydrogen) atoms. The quantitative estimate of drug-likeness (QED) is 0.257. The van der Waals surface area contributed by atoms with E-state index >= 15 is 0 Å². The monoisotopic (exact) mass is 454 g/mol. The van der Waals surface area contributed by atoms with E-state index in [1.807, 2.05) is 36.4 Å². The Morgan fingerprint density at radius 1 is 1.03 bits per heavy atom. The van der Waals surface area contributed by atoms with Crippen molar-refractivity contribution in [2.24, 2.45) is 5.41 Å². The van der Waals surface area contributed by atoms with Gasteiger partial charge in [0.25, 0.3) is 0 Å². The van der Waals surface area contributed by atoms with Gasteiger partial charge in [-0.25, -0.2) is 0 Å².